The van der Waals surface area contributed by atoms with Crippen LogP contribution in [-0.4, -0.2) is 17.8 Å². The van der Waals surface area contributed by atoms with E-state index < -0.39 is 11.6 Å². The van der Waals surface area contributed by atoms with Crippen LogP contribution in [0.5, 0.6) is 0 Å². The summed E-state index contributed by atoms with van der Waals surface area (Å²) in [5.74, 6) is 0.0386. The first kappa shape index (κ1) is 31.3. The number of anilines is 2. The highest BCUT2D eigenvalue weighted by Gasteiger charge is 2.23. The van der Waals surface area contributed by atoms with Gasteiger partial charge in [0.25, 0.3) is 0 Å². The molecule has 0 bridgehead atoms. The zero-order chi connectivity index (χ0) is 32.3. The van der Waals surface area contributed by atoms with Gasteiger partial charge < -0.3 is 25.2 Å². The lowest BCUT2D eigenvalue weighted by molar-refractivity contribution is 0.00706. The van der Waals surface area contributed by atoms with Crippen LogP contribution < -0.4 is 16.1 Å². The normalized spacial score (nSPS) is 12.0. The van der Waals surface area contributed by atoms with Crippen molar-refractivity contribution in [3.05, 3.63) is 129 Å². The molecule has 230 valence electrons. The van der Waals surface area contributed by atoms with Gasteiger partial charge in [0.2, 0.25) is 0 Å². The zero-order valence-electron chi connectivity index (χ0n) is 26.6. The maximum absolute atomic E-state index is 13.8. The lowest BCUT2D eigenvalue weighted by Crippen LogP contribution is -2.24. The second kappa shape index (κ2) is 12.8. The number of benzene rings is 4. The Morgan fingerprint density at radius 3 is 2.38 bits per heavy atom. The molecule has 5 aromatic rings. The Hall–Kier alpha value is -5.17. The van der Waals surface area contributed by atoms with Gasteiger partial charge in [0.05, 0.1) is 17.0 Å². The van der Waals surface area contributed by atoms with E-state index in [4.69, 9.17) is 14.6 Å². The van der Waals surface area contributed by atoms with Crippen LogP contribution >= 0.6 is 0 Å². The van der Waals surface area contributed by atoms with Gasteiger partial charge in [0.15, 0.2) is 5.43 Å². The number of para-hydroxylation sites is 1. The van der Waals surface area contributed by atoms with Crippen molar-refractivity contribution in [1.29, 1.82) is 5.41 Å². The monoisotopic (exact) mass is 601 g/mol. The maximum Gasteiger partial charge on any atom is 0.340 e. The van der Waals surface area contributed by atoms with Crippen LogP contribution in [0.4, 0.5) is 11.4 Å². The van der Waals surface area contributed by atoms with Gasteiger partial charge >= 0.3 is 5.97 Å². The largest absolute Gasteiger partial charge is 0.456 e. The molecule has 7 heteroatoms. The van der Waals surface area contributed by atoms with Crippen LogP contribution in [0.3, 0.4) is 0 Å². The summed E-state index contributed by atoms with van der Waals surface area (Å²) < 4.78 is 12.2. The second-order valence-corrected chi connectivity index (χ2v) is 12.3. The quantitative estimate of drug-likeness (QED) is 0.115. The summed E-state index contributed by atoms with van der Waals surface area (Å²) in [5, 5.41) is 15.4. The Bertz CT molecular complexity index is 1940. The number of carbonyl (C=O) groups excluding carboxylic acids is 1. The van der Waals surface area contributed by atoms with Crippen molar-refractivity contribution in [1.82, 2.24) is 0 Å². The van der Waals surface area contributed by atoms with Gasteiger partial charge in [-0.3, -0.25) is 4.79 Å². The standard InChI is InChI=1S/C38H39N3O4/c1-23-18-30(25(3)41-33-15-11-10-14-29(33)37(43)45-38(4,5)6)36-31(19-23)34(42)24(2)35(44-36)27-16-17-32(28(20-27)21-39)40-22-26-12-8-7-9-13-26/h7-21,25,39-41H,22H2,1-6H3. The number of nitrogens with one attached hydrogen (secondary N) is 3. The first-order valence-corrected chi connectivity index (χ1v) is 15.0. The molecule has 0 aliphatic carbocycles. The molecule has 0 aliphatic heterocycles. The van der Waals surface area contributed by atoms with E-state index >= 15 is 0 Å². The molecule has 0 radical (unpaired) electrons. The number of aryl methyl sites for hydroxylation is 1. The summed E-state index contributed by atoms with van der Waals surface area (Å²) in [6.07, 6.45) is 1.30. The summed E-state index contributed by atoms with van der Waals surface area (Å²) in [5.41, 5.74) is 6.33. The summed E-state index contributed by atoms with van der Waals surface area (Å²) in [6.45, 7) is 11.8. The van der Waals surface area contributed by atoms with Crippen molar-refractivity contribution < 1.29 is 13.9 Å². The van der Waals surface area contributed by atoms with Gasteiger partial charge in [0.1, 0.15) is 16.9 Å². The van der Waals surface area contributed by atoms with Crippen molar-refractivity contribution in [3.63, 3.8) is 0 Å². The minimum absolute atomic E-state index is 0.111. The Labute approximate surface area is 263 Å². The van der Waals surface area contributed by atoms with Crippen molar-refractivity contribution in [2.75, 3.05) is 10.6 Å². The highest BCUT2D eigenvalue weighted by atomic mass is 16.6. The van der Waals surface area contributed by atoms with Crippen LogP contribution in [0.25, 0.3) is 22.3 Å². The minimum Gasteiger partial charge on any atom is -0.456 e. The topological polar surface area (TPSA) is 104 Å². The molecule has 0 saturated heterocycles. The van der Waals surface area contributed by atoms with Gasteiger partial charge in [-0.05, 0) is 89.1 Å². The summed E-state index contributed by atoms with van der Waals surface area (Å²) in [6, 6.07) is 26.5. The summed E-state index contributed by atoms with van der Waals surface area (Å²) in [7, 11) is 0. The molecule has 1 unspecified atom stereocenters. The minimum atomic E-state index is -0.631. The summed E-state index contributed by atoms with van der Waals surface area (Å²) in [4.78, 5) is 26.8. The molecule has 45 heavy (non-hydrogen) atoms. The van der Waals surface area contributed by atoms with Crippen LogP contribution in [-0.2, 0) is 11.3 Å². The number of rotatable bonds is 9. The molecule has 0 aliphatic rings. The molecule has 0 fully saturated rings. The van der Waals surface area contributed by atoms with Crippen LogP contribution in [0, 0.1) is 19.3 Å². The number of esters is 1. The smallest absolute Gasteiger partial charge is 0.340 e. The Morgan fingerprint density at radius 2 is 1.67 bits per heavy atom. The average Bonchev–Trinajstić information content (AvgIpc) is 3.01. The van der Waals surface area contributed by atoms with E-state index in [2.05, 4.69) is 10.6 Å². The molecular formula is C38H39N3O4. The highest BCUT2D eigenvalue weighted by molar-refractivity contribution is 5.96. The number of ether oxygens (including phenoxy) is 1. The Kier molecular flexibility index (Phi) is 8.91. The number of hydrogen-bond donors (Lipinski definition) is 3. The van der Waals surface area contributed by atoms with E-state index in [0.717, 1.165) is 22.4 Å². The fraction of sp³-hybridized carbons (Fsp3) is 0.237. The summed E-state index contributed by atoms with van der Waals surface area (Å²) >= 11 is 0. The van der Waals surface area contributed by atoms with Gasteiger partial charge in [-0.25, -0.2) is 4.79 Å². The molecule has 4 aromatic carbocycles. The van der Waals surface area contributed by atoms with E-state index in [1.807, 2.05) is 107 Å². The molecule has 3 N–H and O–H groups in total. The highest BCUT2D eigenvalue weighted by Crippen LogP contribution is 2.34. The lowest BCUT2D eigenvalue weighted by atomic mass is 9.98. The first-order valence-electron chi connectivity index (χ1n) is 15.0. The third-order valence-corrected chi connectivity index (χ3v) is 7.57. The number of carbonyl (C=O) groups is 1. The molecule has 1 aromatic heterocycles. The van der Waals surface area contributed by atoms with Crippen molar-refractivity contribution >= 4 is 34.5 Å². The van der Waals surface area contributed by atoms with E-state index in [9.17, 15) is 9.59 Å². The van der Waals surface area contributed by atoms with Crippen LogP contribution in [0.1, 0.15) is 71.9 Å². The van der Waals surface area contributed by atoms with E-state index in [0.29, 0.717) is 51.2 Å². The Balaban J connectivity index is 1.53. The zero-order valence-corrected chi connectivity index (χ0v) is 26.6. The number of fused-ring (bicyclic) bond motifs is 1. The predicted molar refractivity (Wildman–Crippen MR) is 183 cm³/mol. The molecule has 5 rings (SSSR count). The number of hydrogen-bond acceptors (Lipinski definition) is 7. The van der Waals surface area contributed by atoms with Crippen molar-refractivity contribution in [2.24, 2.45) is 0 Å². The van der Waals surface area contributed by atoms with Gasteiger partial charge in [-0.2, -0.15) is 0 Å². The van der Waals surface area contributed by atoms with Gasteiger partial charge in [-0.15, -0.1) is 0 Å². The SMILES string of the molecule is Cc1cc(C(C)Nc2ccccc2C(=O)OC(C)(C)C)c2oc(-c3ccc(NCc4ccccc4)c(C=N)c3)c(C)c(=O)c2c1. The van der Waals surface area contributed by atoms with Crippen LogP contribution in [0.2, 0.25) is 0 Å². The third kappa shape index (κ3) is 6.99. The molecule has 7 nitrogen and oxygen atoms in total. The molecule has 1 atom stereocenters. The molecule has 0 saturated carbocycles. The van der Waals surface area contributed by atoms with Crippen LogP contribution in [0.15, 0.2) is 94.1 Å². The fourth-order valence-corrected chi connectivity index (χ4v) is 5.37. The van der Waals surface area contributed by atoms with Gasteiger partial charge in [-0.1, -0.05) is 48.5 Å². The third-order valence-electron chi connectivity index (χ3n) is 7.57. The van der Waals surface area contributed by atoms with Gasteiger partial charge in [0, 0.05) is 46.4 Å². The second-order valence-electron chi connectivity index (χ2n) is 12.3. The predicted octanol–water partition coefficient (Wildman–Crippen LogP) is 8.82. The van der Waals surface area contributed by atoms with E-state index in [1.54, 1.807) is 19.1 Å². The van der Waals surface area contributed by atoms with E-state index in [1.165, 1.54) is 6.21 Å². The lowest BCUT2D eigenvalue weighted by Gasteiger charge is -2.23. The average molecular weight is 602 g/mol. The molecule has 1 heterocycles. The van der Waals surface area contributed by atoms with Crippen molar-refractivity contribution in [3.8, 4) is 11.3 Å². The molecular weight excluding hydrogens is 562 g/mol. The maximum atomic E-state index is 13.8. The molecule has 0 spiro atoms. The molecule has 0 amide bonds. The van der Waals surface area contributed by atoms with Crippen molar-refractivity contribution in [2.45, 2.75) is 59.7 Å². The van der Waals surface area contributed by atoms with E-state index in [-0.39, 0.29) is 11.5 Å². The fourth-order valence-electron chi connectivity index (χ4n) is 5.37. The first-order chi connectivity index (χ1) is 21.4. The Morgan fingerprint density at radius 1 is 0.956 bits per heavy atom.